The van der Waals surface area contributed by atoms with Gasteiger partial charge in [-0.2, -0.15) is 0 Å². The highest BCUT2D eigenvalue weighted by molar-refractivity contribution is 5.85. The van der Waals surface area contributed by atoms with Crippen LogP contribution in [0.2, 0.25) is 0 Å². The van der Waals surface area contributed by atoms with Crippen LogP contribution in [-0.2, 0) is 17.6 Å². The normalized spacial score (nSPS) is 15.4. The van der Waals surface area contributed by atoms with E-state index in [0.29, 0.717) is 6.54 Å². The quantitative estimate of drug-likeness (QED) is 0.851. The van der Waals surface area contributed by atoms with Crippen LogP contribution in [-0.4, -0.2) is 12.5 Å². The van der Waals surface area contributed by atoms with Crippen molar-refractivity contribution in [2.75, 3.05) is 6.54 Å². The van der Waals surface area contributed by atoms with Crippen LogP contribution in [0, 0.1) is 0 Å². The first-order valence-corrected chi connectivity index (χ1v) is 8.86. The largest absolute Gasteiger partial charge is 0.349 e. The molecule has 3 rings (SSSR count). The SMILES string of the molecule is CC(NC(=O)C(CN)c1ccccc1)c1ccc2c(c1)CCCC2.Cl. The van der Waals surface area contributed by atoms with Gasteiger partial charge in [-0.05, 0) is 54.9 Å². The van der Waals surface area contributed by atoms with Gasteiger partial charge >= 0.3 is 0 Å². The van der Waals surface area contributed by atoms with Crippen LogP contribution in [0.4, 0.5) is 0 Å². The topological polar surface area (TPSA) is 55.1 Å². The molecule has 25 heavy (non-hydrogen) atoms. The zero-order valence-corrected chi connectivity index (χ0v) is 15.5. The molecule has 0 aliphatic heterocycles. The van der Waals surface area contributed by atoms with Gasteiger partial charge in [0.1, 0.15) is 0 Å². The van der Waals surface area contributed by atoms with E-state index >= 15 is 0 Å². The van der Waals surface area contributed by atoms with Gasteiger partial charge in [0.15, 0.2) is 0 Å². The van der Waals surface area contributed by atoms with Crippen molar-refractivity contribution in [3.8, 4) is 0 Å². The molecule has 2 aromatic carbocycles. The number of nitrogens with one attached hydrogen (secondary N) is 1. The van der Waals surface area contributed by atoms with E-state index in [9.17, 15) is 4.79 Å². The molecule has 0 bridgehead atoms. The van der Waals surface area contributed by atoms with E-state index in [1.165, 1.54) is 36.0 Å². The fourth-order valence-corrected chi connectivity index (χ4v) is 3.50. The summed E-state index contributed by atoms with van der Waals surface area (Å²) in [6, 6.07) is 16.4. The Morgan fingerprint density at radius 3 is 2.40 bits per heavy atom. The fraction of sp³-hybridized carbons (Fsp3) is 0.381. The number of fused-ring (bicyclic) bond motifs is 1. The number of hydrogen-bond acceptors (Lipinski definition) is 2. The Morgan fingerprint density at radius 2 is 1.72 bits per heavy atom. The van der Waals surface area contributed by atoms with Crippen molar-refractivity contribution in [3.05, 3.63) is 70.8 Å². The molecule has 2 unspecified atom stereocenters. The molecule has 2 atom stereocenters. The average molecular weight is 359 g/mol. The number of aryl methyl sites for hydroxylation is 2. The second-order valence-electron chi connectivity index (χ2n) is 6.66. The summed E-state index contributed by atoms with van der Waals surface area (Å²) < 4.78 is 0. The van der Waals surface area contributed by atoms with E-state index in [1.807, 2.05) is 37.3 Å². The molecule has 1 aliphatic carbocycles. The van der Waals surface area contributed by atoms with E-state index < -0.39 is 0 Å². The van der Waals surface area contributed by atoms with Crippen LogP contribution in [0.1, 0.15) is 54.0 Å². The third kappa shape index (κ3) is 4.62. The molecular formula is C21H27ClN2O. The van der Waals surface area contributed by atoms with E-state index in [1.54, 1.807) is 0 Å². The smallest absolute Gasteiger partial charge is 0.229 e. The number of rotatable bonds is 5. The summed E-state index contributed by atoms with van der Waals surface area (Å²) >= 11 is 0. The Kier molecular flexibility index (Phi) is 7.03. The Balaban J connectivity index is 0.00000225. The Hall–Kier alpha value is -1.84. The van der Waals surface area contributed by atoms with Crippen LogP contribution in [0.5, 0.6) is 0 Å². The molecule has 134 valence electrons. The Labute approximate surface area is 156 Å². The first-order valence-electron chi connectivity index (χ1n) is 8.86. The van der Waals surface area contributed by atoms with E-state index in [2.05, 4.69) is 23.5 Å². The summed E-state index contributed by atoms with van der Waals surface area (Å²) in [5.41, 5.74) is 10.9. The summed E-state index contributed by atoms with van der Waals surface area (Å²) in [7, 11) is 0. The molecule has 1 amide bonds. The lowest BCUT2D eigenvalue weighted by Gasteiger charge is -2.22. The zero-order chi connectivity index (χ0) is 16.9. The van der Waals surface area contributed by atoms with Crippen molar-refractivity contribution in [2.45, 2.75) is 44.6 Å². The predicted octanol–water partition coefficient (Wildman–Crippen LogP) is 3.91. The Morgan fingerprint density at radius 1 is 1.04 bits per heavy atom. The maximum Gasteiger partial charge on any atom is 0.229 e. The first-order chi connectivity index (χ1) is 11.7. The number of benzene rings is 2. The maximum absolute atomic E-state index is 12.7. The minimum Gasteiger partial charge on any atom is -0.349 e. The van der Waals surface area contributed by atoms with Crippen molar-refractivity contribution >= 4 is 18.3 Å². The van der Waals surface area contributed by atoms with Crippen LogP contribution in [0.25, 0.3) is 0 Å². The number of halogens is 1. The molecule has 4 heteroatoms. The van der Waals surface area contributed by atoms with E-state index in [-0.39, 0.29) is 30.3 Å². The summed E-state index contributed by atoms with van der Waals surface area (Å²) in [5, 5.41) is 3.13. The Bertz CT molecular complexity index is 702. The van der Waals surface area contributed by atoms with Gasteiger partial charge in [0.05, 0.1) is 12.0 Å². The highest BCUT2D eigenvalue weighted by Crippen LogP contribution is 2.25. The van der Waals surface area contributed by atoms with Gasteiger partial charge < -0.3 is 11.1 Å². The molecule has 3 nitrogen and oxygen atoms in total. The van der Waals surface area contributed by atoms with Gasteiger partial charge in [0, 0.05) is 6.54 Å². The molecule has 2 aromatic rings. The van der Waals surface area contributed by atoms with Crippen molar-refractivity contribution in [2.24, 2.45) is 5.73 Å². The minimum atomic E-state index is -0.300. The van der Waals surface area contributed by atoms with E-state index in [4.69, 9.17) is 5.73 Å². The molecule has 3 N–H and O–H groups in total. The highest BCUT2D eigenvalue weighted by atomic mass is 35.5. The van der Waals surface area contributed by atoms with Crippen molar-refractivity contribution in [1.82, 2.24) is 5.32 Å². The minimum absolute atomic E-state index is 0. The molecule has 0 saturated carbocycles. The average Bonchev–Trinajstić information content (AvgIpc) is 2.62. The molecule has 1 aliphatic rings. The van der Waals surface area contributed by atoms with Crippen LogP contribution in [0.15, 0.2) is 48.5 Å². The molecule has 0 aromatic heterocycles. The van der Waals surface area contributed by atoms with Crippen LogP contribution in [0.3, 0.4) is 0 Å². The molecule has 0 fully saturated rings. The van der Waals surface area contributed by atoms with Gasteiger partial charge in [-0.1, -0.05) is 48.5 Å². The number of nitrogens with two attached hydrogens (primary N) is 1. The van der Waals surface area contributed by atoms with Crippen molar-refractivity contribution in [1.29, 1.82) is 0 Å². The third-order valence-electron chi connectivity index (χ3n) is 4.99. The van der Waals surface area contributed by atoms with Crippen molar-refractivity contribution in [3.63, 3.8) is 0 Å². The maximum atomic E-state index is 12.7. The molecule has 0 saturated heterocycles. The lowest BCUT2D eigenvalue weighted by Crippen LogP contribution is -2.35. The molecule has 0 radical (unpaired) electrons. The van der Waals surface area contributed by atoms with Gasteiger partial charge in [-0.3, -0.25) is 4.79 Å². The number of amides is 1. The zero-order valence-electron chi connectivity index (χ0n) is 14.7. The van der Waals surface area contributed by atoms with Gasteiger partial charge in [-0.15, -0.1) is 12.4 Å². The molecular weight excluding hydrogens is 332 g/mol. The monoisotopic (exact) mass is 358 g/mol. The lowest BCUT2D eigenvalue weighted by molar-refractivity contribution is -0.123. The lowest BCUT2D eigenvalue weighted by atomic mass is 9.89. The number of carbonyl (C=O) groups excluding carboxylic acids is 1. The number of carbonyl (C=O) groups is 1. The second kappa shape index (κ2) is 9.02. The first kappa shape index (κ1) is 19.5. The van der Waals surface area contributed by atoms with E-state index in [0.717, 1.165) is 12.0 Å². The van der Waals surface area contributed by atoms with Gasteiger partial charge in [-0.25, -0.2) is 0 Å². The molecule has 0 spiro atoms. The van der Waals surface area contributed by atoms with Crippen LogP contribution >= 0.6 is 12.4 Å². The van der Waals surface area contributed by atoms with Gasteiger partial charge in [0.25, 0.3) is 0 Å². The summed E-state index contributed by atoms with van der Waals surface area (Å²) in [5.74, 6) is -0.305. The fourth-order valence-electron chi connectivity index (χ4n) is 3.50. The predicted molar refractivity (Wildman–Crippen MR) is 105 cm³/mol. The molecule has 0 heterocycles. The van der Waals surface area contributed by atoms with Crippen LogP contribution < -0.4 is 11.1 Å². The number of hydrogen-bond donors (Lipinski definition) is 2. The van der Waals surface area contributed by atoms with Gasteiger partial charge in [0.2, 0.25) is 5.91 Å². The highest BCUT2D eigenvalue weighted by Gasteiger charge is 2.21. The standard InChI is InChI=1S/C21H26N2O.ClH/c1-15(18-12-11-16-7-5-6-10-19(16)13-18)23-21(24)20(14-22)17-8-3-2-4-9-17;/h2-4,8-9,11-13,15,20H,5-7,10,14,22H2,1H3,(H,23,24);1H. The second-order valence-corrected chi connectivity index (χ2v) is 6.66. The van der Waals surface area contributed by atoms with Crippen molar-refractivity contribution < 1.29 is 4.79 Å². The summed E-state index contributed by atoms with van der Waals surface area (Å²) in [4.78, 5) is 12.7. The summed E-state index contributed by atoms with van der Waals surface area (Å²) in [6.45, 7) is 2.35. The summed E-state index contributed by atoms with van der Waals surface area (Å²) in [6.07, 6.45) is 4.88. The third-order valence-corrected chi connectivity index (χ3v) is 4.99.